The highest BCUT2D eigenvalue weighted by Gasteiger charge is 2.11. The van der Waals surface area contributed by atoms with Gasteiger partial charge in [0.15, 0.2) is 5.06 Å². The second kappa shape index (κ2) is 2.75. The number of nitriles is 1. The Hall–Kier alpha value is -1.53. The fourth-order valence-corrected chi connectivity index (χ4v) is 2.32. The van der Waals surface area contributed by atoms with Gasteiger partial charge in [0, 0.05) is 10.1 Å². The quantitative estimate of drug-likeness (QED) is 0.692. The molecule has 1 N–H and O–H groups in total. The second-order valence-electron chi connectivity index (χ2n) is 2.85. The van der Waals surface area contributed by atoms with Gasteiger partial charge in [0.1, 0.15) is 11.6 Å². The molecule has 0 atom stereocenters. The van der Waals surface area contributed by atoms with Gasteiger partial charge in [-0.1, -0.05) is 29.5 Å². The van der Waals surface area contributed by atoms with Crippen molar-refractivity contribution in [1.29, 1.82) is 5.26 Å². The number of aromatic hydroxyl groups is 1. The summed E-state index contributed by atoms with van der Waals surface area (Å²) in [6.07, 6.45) is 0. The van der Waals surface area contributed by atoms with Crippen LogP contribution in [-0.4, -0.2) is 5.11 Å². The van der Waals surface area contributed by atoms with Crippen molar-refractivity contribution in [2.75, 3.05) is 0 Å². The number of fused-ring (bicyclic) bond motifs is 1. The van der Waals surface area contributed by atoms with Gasteiger partial charge in [-0.25, -0.2) is 0 Å². The number of hydrogen-bond donors (Lipinski definition) is 1. The maximum Gasteiger partial charge on any atom is 0.190 e. The Labute approximate surface area is 79.7 Å². The average Bonchev–Trinajstić information content (AvgIpc) is 2.43. The van der Waals surface area contributed by atoms with E-state index in [1.54, 1.807) is 0 Å². The number of benzene rings is 1. The molecule has 0 spiro atoms. The first kappa shape index (κ1) is 8.09. The van der Waals surface area contributed by atoms with E-state index >= 15 is 0 Å². The molecule has 0 saturated heterocycles. The first-order chi connectivity index (χ1) is 6.24. The molecule has 0 amide bonds. The molecule has 0 saturated carbocycles. The van der Waals surface area contributed by atoms with Crippen molar-refractivity contribution in [3.8, 4) is 11.1 Å². The first-order valence-corrected chi connectivity index (χ1v) is 4.67. The van der Waals surface area contributed by atoms with Gasteiger partial charge in [0.25, 0.3) is 0 Å². The lowest BCUT2D eigenvalue weighted by molar-refractivity contribution is 0.490. The van der Waals surface area contributed by atoms with Gasteiger partial charge in [-0.05, 0) is 12.5 Å². The van der Waals surface area contributed by atoms with Crippen molar-refractivity contribution in [2.45, 2.75) is 6.92 Å². The molecule has 0 bridgehead atoms. The molecule has 1 aromatic carbocycles. The van der Waals surface area contributed by atoms with E-state index in [-0.39, 0.29) is 5.06 Å². The standard InChI is InChI=1S/C10H7NOS/c1-6-3-2-4-7-8(5-11)10(12)13-9(6)7/h2-4,12H,1H3. The number of nitrogens with zero attached hydrogens (tertiary/aromatic N) is 1. The van der Waals surface area contributed by atoms with Gasteiger partial charge in [-0.3, -0.25) is 0 Å². The molecule has 1 heterocycles. The number of aryl methyl sites for hydroxylation is 1. The molecule has 0 aliphatic heterocycles. The van der Waals surface area contributed by atoms with Gasteiger partial charge >= 0.3 is 0 Å². The van der Waals surface area contributed by atoms with E-state index in [2.05, 4.69) is 0 Å². The lowest BCUT2D eigenvalue weighted by atomic mass is 10.1. The lowest BCUT2D eigenvalue weighted by Crippen LogP contribution is -1.73. The third kappa shape index (κ3) is 1.07. The molecule has 2 rings (SSSR count). The minimum atomic E-state index is 0.117. The Balaban J connectivity index is 2.96. The van der Waals surface area contributed by atoms with Crippen LogP contribution in [0.15, 0.2) is 18.2 Å². The SMILES string of the molecule is Cc1cccc2c(C#N)c(O)sc12. The van der Waals surface area contributed by atoms with Crippen LogP contribution < -0.4 is 0 Å². The van der Waals surface area contributed by atoms with E-state index in [0.29, 0.717) is 5.56 Å². The van der Waals surface area contributed by atoms with E-state index in [4.69, 9.17) is 5.26 Å². The fourth-order valence-electron chi connectivity index (χ4n) is 1.36. The van der Waals surface area contributed by atoms with Crippen LogP contribution in [0.4, 0.5) is 0 Å². The molecule has 64 valence electrons. The summed E-state index contributed by atoms with van der Waals surface area (Å²) in [6, 6.07) is 7.73. The Morgan fingerprint density at radius 1 is 1.46 bits per heavy atom. The predicted octanol–water partition coefficient (Wildman–Crippen LogP) is 2.79. The van der Waals surface area contributed by atoms with E-state index in [0.717, 1.165) is 15.6 Å². The van der Waals surface area contributed by atoms with Crippen LogP contribution in [0.5, 0.6) is 5.06 Å². The monoisotopic (exact) mass is 189 g/mol. The molecule has 0 fully saturated rings. The summed E-state index contributed by atoms with van der Waals surface area (Å²) in [5.74, 6) is 0. The van der Waals surface area contributed by atoms with E-state index in [1.165, 1.54) is 11.3 Å². The molecular formula is C10H7NOS. The molecule has 2 nitrogen and oxygen atoms in total. The topological polar surface area (TPSA) is 44.0 Å². The molecule has 3 heteroatoms. The summed E-state index contributed by atoms with van der Waals surface area (Å²) in [5, 5.41) is 19.2. The Kier molecular flexibility index (Phi) is 1.71. The summed E-state index contributed by atoms with van der Waals surface area (Å²) in [5.41, 5.74) is 1.49. The molecule has 0 unspecified atom stereocenters. The van der Waals surface area contributed by atoms with Crippen molar-refractivity contribution in [2.24, 2.45) is 0 Å². The molecule has 0 aliphatic rings. The minimum Gasteiger partial charge on any atom is -0.499 e. The van der Waals surface area contributed by atoms with Crippen LogP contribution in [0.25, 0.3) is 10.1 Å². The maximum absolute atomic E-state index is 9.45. The highest BCUT2D eigenvalue weighted by atomic mass is 32.1. The number of hydrogen-bond acceptors (Lipinski definition) is 3. The van der Waals surface area contributed by atoms with E-state index < -0.39 is 0 Å². The van der Waals surface area contributed by atoms with Gasteiger partial charge in [0.05, 0.1) is 0 Å². The summed E-state index contributed by atoms with van der Waals surface area (Å²) in [6.45, 7) is 1.97. The van der Waals surface area contributed by atoms with Gasteiger partial charge in [-0.15, -0.1) is 0 Å². The van der Waals surface area contributed by atoms with Crippen LogP contribution in [0.3, 0.4) is 0 Å². The normalized spacial score (nSPS) is 10.2. The van der Waals surface area contributed by atoms with Crippen LogP contribution in [0, 0.1) is 18.3 Å². The molecule has 13 heavy (non-hydrogen) atoms. The van der Waals surface area contributed by atoms with Crippen LogP contribution in [-0.2, 0) is 0 Å². The fraction of sp³-hybridized carbons (Fsp3) is 0.100. The summed E-state index contributed by atoms with van der Waals surface area (Å²) >= 11 is 1.26. The van der Waals surface area contributed by atoms with Gasteiger partial charge in [-0.2, -0.15) is 5.26 Å². The Morgan fingerprint density at radius 2 is 2.23 bits per heavy atom. The van der Waals surface area contributed by atoms with Crippen molar-refractivity contribution in [1.82, 2.24) is 0 Å². The summed E-state index contributed by atoms with van der Waals surface area (Å²) in [7, 11) is 0. The summed E-state index contributed by atoms with van der Waals surface area (Å²) < 4.78 is 0.997. The highest BCUT2D eigenvalue weighted by molar-refractivity contribution is 7.21. The maximum atomic E-state index is 9.45. The van der Waals surface area contributed by atoms with Crippen LogP contribution >= 0.6 is 11.3 Å². The van der Waals surface area contributed by atoms with Crippen LogP contribution in [0.2, 0.25) is 0 Å². The van der Waals surface area contributed by atoms with Gasteiger partial charge < -0.3 is 5.11 Å². The largest absolute Gasteiger partial charge is 0.499 e. The predicted molar refractivity (Wildman–Crippen MR) is 52.9 cm³/mol. The molecule has 1 aromatic heterocycles. The van der Waals surface area contributed by atoms with E-state index in [1.807, 2.05) is 31.2 Å². The van der Waals surface area contributed by atoms with E-state index in [9.17, 15) is 5.11 Å². The Bertz CT molecular complexity index is 507. The van der Waals surface area contributed by atoms with Gasteiger partial charge in [0.2, 0.25) is 0 Å². The molecular weight excluding hydrogens is 182 g/mol. The van der Waals surface area contributed by atoms with Crippen molar-refractivity contribution >= 4 is 21.4 Å². The third-order valence-corrected chi connectivity index (χ3v) is 3.15. The average molecular weight is 189 g/mol. The van der Waals surface area contributed by atoms with Crippen molar-refractivity contribution in [3.63, 3.8) is 0 Å². The molecule has 2 aromatic rings. The Morgan fingerprint density at radius 3 is 2.92 bits per heavy atom. The lowest BCUT2D eigenvalue weighted by Gasteiger charge is -1.92. The molecule has 0 radical (unpaired) electrons. The second-order valence-corrected chi connectivity index (χ2v) is 3.84. The zero-order valence-electron chi connectivity index (χ0n) is 7.03. The zero-order valence-corrected chi connectivity index (χ0v) is 7.85. The van der Waals surface area contributed by atoms with Crippen molar-refractivity contribution < 1.29 is 5.11 Å². The van der Waals surface area contributed by atoms with Crippen LogP contribution in [0.1, 0.15) is 11.1 Å². The highest BCUT2D eigenvalue weighted by Crippen LogP contribution is 2.37. The third-order valence-electron chi connectivity index (χ3n) is 2.01. The molecule has 0 aliphatic carbocycles. The zero-order chi connectivity index (χ0) is 9.42. The smallest absolute Gasteiger partial charge is 0.190 e. The minimum absolute atomic E-state index is 0.117. The first-order valence-electron chi connectivity index (χ1n) is 3.85. The summed E-state index contributed by atoms with van der Waals surface area (Å²) in [4.78, 5) is 0. The number of thiophene rings is 1. The number of rotatable bonds is 0. The van der Waals surface area contributed by atoms with Crippen molar-refractivity contribution in [3.05, 3.63) is 29.3 Å².